The third-order valence-electron chi connectivity index (χ3n) is 33.5. The Balaban J connectivity index is 8.82. The highest BCUT2D eigenvalue weighted by Gasteiger charge is 2.77. The molecule has 0 bridgehead atoms. The molecule has 0 aliphatic rings. The van der Waals surface area contributed by atoms with Crippen LogP contribution in [0, 0.1) is 16.2 Å². The van der Waals surface area contributed by atoms with E-state index in [-0.39, 0.29) is 70.6 Å². The number of carboxylic acids is 7. The van der Waals surface area contributed by atoms with Crippen LogP contribution in [-0.4, -0.2) is 126 Å². The minimum atomic E-state index is -3.94. The number of aliphatic hydroxyl groups is 6. The van der Waals surface area contributed by atoms with Crippen molar-refractivity contribution < 1.29 is 99.9 Å². The molecule has 146 heavy (non-hydrogen) atoms. The summed E-state index contributed by atoms with van der Waals surface area (Å²) in [5.41, 5.74) is -5.14. The molecule has 0 spiro atoms. The van der Waals surface area contributed by atoms with Crippen LogP contribution < -0.4 is 0 Å². The topological polar surface area (TPSA) is 382 Å². The summed E-state index contributed by atoms with van der Waals surface area (Å²) in [5.74, 6) is -16.3. The van der Waals surface area contributed by atoms with Crippen LogP contribution in [0.3, 0.4) is 0 Å². The first-order valence-corrected chi connectivity index (χ1v) is 63.6. The van der Waals surface area contributed by atoms with Gasteiger partial charge in [-0.2, -0.15) is 0 Å². The van der Waals surface area contributed by atoms with Gasteiger partial charge in [0.1, 0.15) is 0 Å². The average molecular weight is 2080 g/mol. The molecule has 20 nitrogen and oxygen atoms in total. The van der Waals surface area contributed by atoms with Gasteiger partial charge < -0.3 is 66.4 Å². The lowest BCUT2D eigenvalue weighted by molar-refractivity contribution is -0.491. The first-order valence-electron chi connectivity index (χ1n) is 63.6. The van der Waals surface area contributed by atoms with Crippen LogP contribution in [0.15, 0.2) is 0 Å². The molecule has 0 heterocycles. The molecule has 0 fully saturated rings. The van der Waals surface area contributed by atoms with Crippen LogP contribution in [0.5, 0.6) is 0 Å². The molecule has 864 valence electrons. The molecule has 0 rings (SSSR count). The standard InChI is InChI=1S/C126H240O20/c1-2-3-4-5-6-55-74-87-100-113-124(141,142)126(145,146)125(143,144)123(111-98-85-72-60-47-35-23-11-17-29-41-53-66-79-92-105-118(135)136,112-99-86-73-61-48-36-24-12-18-30-42-54-67-80-93-106-119(137)138)122(109-96-83-70-58-45-33-21-9-15-27-39-51-64-77-90-103-116(131)132,110-97-84-71-59-46-34-22-10-16-28-40-52-65-78-91-104-117(133)134)121(120(139)140,107-94-81-68-56-43-31-19-7-13-25-37-49-62-75-88-101-114(127)128)108-95-82-69-57-44-32-20-8-14-26-38-50-63-76-89-102-115(129)130/h141-146H,2-113H2,1H3,(H,127,128)(H,129,130)(H,131,132)(H,133,134)(H,135,136)(H,137,138)(H,139,140). The summed E-state index contributed by atoms with van der Waals surface area (Å²) in [6.45, 7) is 2.20. The number of rotatable bonds is 124. The van der Waals surface area contributed by atoms with Crippen molar-refractivity contribution in [2.45, 2.75) is 743 Å². The van der Waals surface area contributed by atoms with Gasteiger partial charge >= 0.3 is 41.8 Å². The van der Waals surface area contributed by atoms with Gasteiger partial charge in [-0.15, -0.1) is 0 Å². The summed E-state index contributed by atoms with van der Waals surface area (Å²) in [6.07, 6.45) is 101. The predicted octanol–water partition coefficient (Wildman–Crippen LogP) is 37.3. The van der Waals surface area contributed by atoms with Crippen molar-refractivity contribution >= 4 is 41.8 Å². The minimum Gasteiger partial charge on any atom is -0.481 e. The Hall–Kier alpha value is -3.95. The van der Waals surface area contributed by atoms with Crippen LogP contribution in [0.1, 0.15) is 726 Å². The Morgan fingerprint density at radius 1 is 0.137 bits per heavy atom. The average Bonchev–Trinajstić information content (AvgIpc) is 0.679. The second kappa shape index (κ2) is 102. The Labute approximate surface area is 896 Å². The minimum absolute atomic E-state index is 0.0685. The quantitative estimate of drug-likeness (QED) is 0.0199. The Morgan fingerprint density at radius 3 is 0.390 bits per heavy atom. The Morgan fingerprint density at radius 2 is 0.253 bits per heavy atom. The van der Waals surface area contributed by atoms with Crippen LogP contribution in [0.2, 0.25) is 0 Å². The van der Waals surface area contributed by atoms with Gasteiger partial charge in [0.2, 0.25) is 11.6 Å². The maximum Gasteiger partial charge on any atom is 0.310 e. The number of carbonyl (C=O) groups is 7. The molecule has 13 N–H and O–H groups in total. The van der Waals surface area contributed by atoms with Gasteiger partial charge in [0.15, 0.2) is 0 Å². The number of hydrogen-bond donors (Lipinski definition) is 13. The molecule has 0 aliphatic heterocycles. The number of unbranched alkanes of at least 4 members (excludes halogenated alkanes) is 92. The smallest absolute Gasteiger partial charge is 0.310 e. The van der Waals surface area contributed by atoms with Crippen LogP contribution >= 0.6 is 0 Å². The lowest BCUT2D eigenvalue weighted by atomic mass is 9.40. The van der Waals surface area contributed by atoms with Gasteiger partial charge in [0, 0.05) is 50.4 Å². The molecule has 0 aromatic heterocycles. The SMILES string of the molecule is CCCCCCCCCCCC(O)(O)C(O)(O)C(O)(O)C(CCCCCCCCCCCCCCCCCC(=O)O)(CCCCCCCCCCCCCCCCCC(=O)O)C(CCCCCCCCCCCCCCCCCC(=O)O)(CCCCCCCCCCCCCCCCCC(=O)O)C(CCCCCCCCCCCCCCCCCC(=O)O)(CCCCCCCCCCCCCCCCCC(=O)O)C(=O)O. The molecule has 0 saturated carbocycles. The highest BCUT2D eigenvalue weighted by molar-refractivity contribution is 5.76. The Bertz CT molecular complexity index is 2770. The zero-order valence-electron chi connectivity index (χ0n) is 95.4. The summed E-state index contributed by atoms with van der Waals surface area (Å²) in [7, 11) is 0. The van der Waals surface area contributed by atoms with Crippen molar-refractivity contribution in [3.8, 4) is 0 Å². The van der Waals surface area contributed by atoms with Crippen molar-refractivity contribution in [3.05, 3.63) is 0 Å². The van der Waals surface area contributed by atoms with E-state index in [1.54, 1.807) is 0 Å². The molecular weight excluding hydrogens is 1830 g/mol. The second-order valence-corrected chi connectivity index (χ2v) is 46.5. The van der Waals surface area contributed by atoms with Gasteiger partial charge in [0.05, 0.1) is 5.41 Å². The molecular formula is C126H240O20. The highest BCUT2D eigenvalue weighted by atomic mass is 16.7. The molecule has 0 atom stereocenters. The van der Waals surface area contributed by atoms with Crippen molar-refractivity contribution in [3.63, 3.8) is 0 Å². The van der Waals surface area contributed by atoms with Crippen LogP contribution in [0.25, 0.3) is 0 Å². The second-order valence-electron chi connectivity index (χ2n) is 46.5. The van der Waals surface area contributed by atoms with E-state index in [1.165, 1.54) is 135 Å². The van der Waals surface area contributed by atoms with E-state index in [0.29, 0.717) is 70.6 Å². The third-order valence-corrected chi connectivity index (χ3v) is 33.5. The molecule has 0 aliphatic carbocycles. The first-order chi connectivity index (χ1) is 70.8. The molecule has 0 aromatic carbocycles. The summed E-state index contributed by atoms with van der Waals surface area (Å²) in [5, 5.41) is 151. The van der Waals surface area contributed by atoms with Gasteiger partial charge in [-0.1, -0.05) is 598 Å². The van der Waals surface area contributed by atoms with Gasteiger partial charge in [0.25, 0.3) is 5.79 Å². The van der Waals surface area contributed by atoms with E-state index >= 15 is 4.79 Å². The fourth-order valence-corrected chi connectivity index (χ4v) is 24.3. The van der Waals surface area contributed by atoms with Gasteiger partial charge in [-0.25, -0.2) is 0 Å². The van der Waals surface area contributed by atoms with E-state index in [2.05, 4.69) is 6.92 Å². The fraction of sp³-hybridized carbons (Fsp3) is 0.944. The van der Waals surface area contributed by atoms with Crippen LogP contribution in [-0.2, 0) is 33.6 Å². The normalized spacial score (nSPS) is 12.4. The molecule has 0 aromatic rings. The molecule has 0 amide bonds. The summed E-state index contributed by atoms with van der Waals surface area (Å²) in [4.78, 5) is 83.1. The summed E-state index contributed by atoms with van der Waals surface area (Å²) >= 11 is 0. The lowest BCUT2D eigenvalue weighted by Gasteiger charge is -2.66. The largest absolute Gasteiger partial charge is 0.481 e. The van der Waals surface area contributed by atoms with Crippen molar-refractivity contribution in [1.82, 2.24) is 0 Å². The van der Waals surface area contributed by atoms with E-state index in [4.69, 9.17) is 30.6 Å². The summed E-state index contributed by atoms with van der Waals surface area (Å²) in [6, 6.07) is 0. The zero-order chi connectivity index (χ0) is 107. The van der Waals surface area contributed by atoms with Gasteiger partial charge in [-0.3, -0.25) is 33.6 Å². The maximum absolute atomic E-state index is 16.6. The van der Waals surface area contributed by atoms with E-state index < -0.39 is 81.8 Å². The van der Waals surface area contributed by atoms with E-state index in [9.17, 15) is 64.5 Å². The fourth-order valence-electron chi connectivity index (χ4n) is 24.3. The summed E-state index contributed by atoms with van der Waals surface area (Å²) < 4.78 is 0. The third kappa shape index (κ3) is 79.1. The van der Waals surface area contributed by atoms with Crippen molar-refractivity contribution in [2.24, 2.45) is 16.2 Å². The number of hydrogen-bond acceptors (Lipinski definition) is 13. The highest BCUT2D eigenvalue weighted by Crippen LogP contribution is 2.70. The van der Waals surface area contributed by atoms with E-state index in [0.717, 1.165) is 437 Å². The molecule has 0 radical (unpaired) electrons. The molecule has 0 saturated heterocycles. The van der Waals surface area contributed by atoms with Crippen molar-refractivity contribution in [1.29, 1.82) is 0 Å². The van der Waals surface area contributed by atoms with E-state index in [1.807, 2.05) is 0 Å². The monoisotopic (exact) mass is 2070 g/mol. The first kappa shape index (κ1) is 142. The zero-order valence-corrected chi connectivity index (χ0v) is 95.4. The van der Waals surface area contributed by atoms with Crippen molar-refractivity contribution in [2.75, 3.05) is 0 Å². The van der Waals surface area contributed by atoms with Crippen LogP contribution in [0.4, 0.5) is 0 Å². The number of carboxylic acid groups (broad SMARTS) is 7. The molecule has 20 heteroatoms. The van der Waals surface area contributed by atoms with Gasteiger partial charge in [-0.05, 0) is 88.9 Å². The maximum atomic E-state index is 16.6. The molecule has 0 unspecified atom stereocenters. The number of aliphatic carboxylic acids is 7. The lowest BCUT2D eigenvalue weighted by Crippen LogP contribution is -2.78. The Kier molecular flexibility index (Phi) is 98.8. The predicted molar refractivity (Wildman–Crippen MR) is 605 cm³/mol.